The van der Waals surface area contributed by atoms with Crippen molar-refractivity contribution in [1.29, 1.82) is 0 Å². The highest BCUT2D eigenvalue weighted by atomic mass is 32.1. The summed E-state index contributed by atoms with van der Waals surface area (Å²) in [6.45, 7) is 2.41. The first kappa shape index (κ1) is 25.3. The van der Waals surface area contributed by atoms with Gasteiger partial charge in [-0.25, -0.2) is 4.98 Å². The van der Waals surface area contributed by atoms with Gasteiger partial charge in [-0.05, 0) is 30.4 Å². The first-order valence-corrected chi connectivity index (χ1v) is 13.8. The molecule has 12 nitrogen and oxygen atoms in total. The molecule has 0 spiro atoms. The number of primary amides is 1. The highest BCUT2D eigenvalue weighted by Crippen LogP contribution is 2.36. The molecule has 39 heavy (non-hydrogen) atoms. The third kappa shape index (κ3) is 5.20. The molecule has 0 radical (unpaired) electrons. The van der Waals surface area contributed by atoms with Gasteiger partial charge in [0.05, 0.1) is 53.3 Å². The molecule has 1 aliphatic carbocycles. The Labute approximate surface area is 227 Å². The number of hydrogen-bond acceptors (Lipinski definition) is 11. The third-order valence-corrected chi connectivity index (χ3v) is 8.00. The van der Waals surface area contributed by atoms with E-state index in [2.05, 4.69) is 25.7 Å². The number of nitrogens with two attached hydrogens (primary N) is 1. The normalized spacial score (nSPS) is 19.8. The predicted molar refractivity (Wildman–Crippen MR) is 147 cm³/mol. The van der Waals surface area contributed by atoms with Crippen LogP contribution in [0.15, 0.2) is 44.3 Å². The molecule has 0 unspecified atom stereocenters. The van der Waals surface area contributed by atoms with E-state index in [1.54, 1.807) is 12.3 Å². The quantitative estimate of drug-likeness (QED) is 0.266. The van der Waals surface area contributed by atoms with Crippen LogP contribution in [0.4, 0.5) is 23.1 Å². The van der Waals surface area contributed by atoms with Gasteiger partial charge in [-0.1, -0.05) is 6.42 Å². The lowest BCUT2D eigenvalue weighted by atomic mass is 9.91. The Balaban J connectivity index is 1.28. The second kappa shape index (κ2) is 10.7. The van der Waals surface area contributed by atoms with E-state index >= 15 is 0 Å². The lowest BCUT2D eigenvalue weighted by molar-refractivity contribution is -0.427. The molecular formula is C26H30N7O5S+. The summed E-state index contributed by atoms with van der Waals surface area (Å²) in [4.78, 5) is 31.8. The Kier molecular flexibility index (Phi) is 6.94. The van der Waals surface area contributed by atoms with Gasteiger partial charge in [-0.2, -0.15) is 4.37 Å². The van der Waals surface area contributed by atoms with Gasteiger partial charge >= 0.3 is 0 Å². The molecule has 2 atom stereocenters. The minimum absolute atomic E-state index is 0.111. The van der Waals surface area contributed by atoms with Crippen molar-refractivity contribution in [1.82, 2.24) is 9.36 Å². The lowest BCUT2D eigenvalue weighted by Gasteiger charge is -2.27. The number of nitrogens with zero attached hydrogens (tertiary/aromatic N) is 3. The highest BCUT2D eigenvalue weighted by Gasteiger charge is 2.25. The number of fused-ring (bicyclic) bond motifs is 1. The van der Waals surface area contributed by atoms with Crippen molar-refractivity contribution in [3.05, 3.63) is 46.6 Å². The van der Waals surface area contributed by atoms with Crippen LogP contribution in [0.25, 0.3) is 21.6 Å². The summed E-state index contributed by atoms with van der Waals surface area (Å²) in [7, 11) is 0. The molecule has 2 aliphatic rings. The maximum absolute atomic E-state index is 12.7. The first-order valence-electron chi connectivity index (χ1n) is 13.0. The zero-order valence-corrected chi connectivity index (χ0v) is 22.1. The number of aromatic nitrogens is 2. The highest BCUT2D eigenvalue weighted by molar-refractivity contribution is 7.10. The average Bonchev–Trinajstić information content (AvgIpc) is 3.58. The Bertz CT molecular complexity index is 1560. The summed E-state index contributed by atoms with van der Waals surface area (Å²) < 4.78 is 21.6. The second-order valence-corrected chi connectivity index (χ2v) is 10.6. The topological polar surface area (TPSA) is 176 Å². The zero-order chi connectivity index (χ0) is 26.9. The minimum atomic E-state index is -0.648. The van der Waals surface area contributed by atoms with Crippen LogP contribution in [0.3, 0.4) is 0 Å². The number of pyridine rings is 1. The maximum Gasteiger partial charge on any atom is 0.269 e. The van der Waals surface area contributed by atoms with Gasteiger partial charge in [0.2, 0.25) is 11.0 Å². The number of amides is 1. The molecule has 1 aliphatic heterocycles. The number of carbonyl (C=O) groups is 1. The summed E-state index contributed by atoms with van der Waals surface area (Å²) in [5.41, 5.74) is 12.1. The molecule has 1 saturated heterocycles. The van der Waals surface area contributed by atoms with E-state index in [9.17, 15) is 9.59 Å². The third-order valence-electron chi connectivity index (χ3n) is 7.17. The fourth-order valence-corrected chi connectivity index (χ4v) is 5.78. The van der Waals surface area contributed by atoms with E-state index in [1.807, 2.05) is 11.0 Å². The average molecular weight is 553 g/mol. The van der Waals surface area contributed by atoms with Gasteiger partial charge in [0.1, 0.15) is 18.1 Å². The minimum Gasteiger partial charge on any atom is -0.456 e. The lowest BCUT2D eigenvalue weighted by Crippen LogP contribution is -2.68. The van der Waals surface area contributed by atoms with Crippen LogP contribution in [-0.2, 0) is 4.74 Å². The number of rotatable bonds is 7. The van der Waals surface area contributed by atoms with Crippen molar-refractivity contribution in [3.63, 3.8) is 0 Å². The van der Waals surface area contributed by atoms with E-state index in [4.69, 9.17) is 19.3 Å². The van der Waals surface area contributed by atoms with Gasteiger partial charge < -0.3 is 40.6 Å². The van der Waals surface area contributed by atoms with Crippen LogP contribution in [-0.4, -0.2) is 53.7 Å². The molecule has 4 aromatic rings. The van der Waals surface area contributed by atoms with Crippen LogP contribution in [0.1, 0.15) is 36.2 Å². The second-order valence-electron chi connectivity index (χ2n) is 9.84. The molecule has 7 N–H and O–H groups in total. The van der Waals surface area contributed by atoms with Gasteiger partial charge in [0.25, 0.3) is 5.91 Å². The van der Waals surface area contributed by atoms with Crippen LogP contribution in [0.5, 0.6) is 0 Å². The van der Waals surface area contributed by atoms with E-state index in [0.29, 0.717) is 60.9 Å². The van der Waals surface area contributed by atoms with Crippen molar-refractivity contribution >= 4 is 51.7 Å². The molecule has 204 valence electrons. The SMILES string of the molecule is NC(=O)c1ncc(N[C@H]2CCCC[C@H]2[NH3+])cc1Nc1cc(-c2coc3c(=O)cc(N4CCOCC4)oc23)sn1. The fraction of sp³-hybridized carbons (Fsp3) is 0.385. The van der Waals surface area contributed by atoms with Gasteiger partial charge in [0.15, 0.2) is 17.2 Å². The Morgan fingerprint density at radius 2 is 1.97 bits per heavy atom. The summed E-state index contributed by atoms with van der Waals surface area (Å²) >= 11 is 1.21. The smallest absolute Gasteiger partial charge is 0.269 e. The van der Waals surface area contributed by atoms with Gasteiger partial charge in [-0.3, -0.25) is 9.59 Å². The van der Waals surface area contributed by atoms with Crippen LogP contribution >= 0.6 is 11.5 Å². The summed E-state index contributed by atoms with van der Waals surface area (Å²) in [5.74, 6) is 0.320. The van der Waals surface area contributed by atoms with Crippen molar-refractivity contribution in [2.75, 3.05) is 41.8 Å². The van der Waals surface area contributed by atoms with E-state index in [0.717, 1.165) is 29.8 Å². The Morgan fingerprint density at radius 1 is 1.15 bits per heavy atom. The van der Waals surface area contributed by atoms with Crippen LogP contribution in [0, 0.1) is 0 Å². The molecule has 13 heteroatoms. The van der Waals surface area contributed by atoms with Crippen molar-refractivity contribution < 1.29 is 24.1 Å². The predicted octanol–water partition coefficient (Wildman–Crippen LogP) is 2.55. The van der Waals surface area contributed by atoms with Crippen LogP contribution < -0.4 is 32.4 Å². The number of morpholine rings is 1. The van der Waals surface area contributed by atoms with E-state index in [1.165, 1.54) is 30.3 Å². The first-order chi connectivity index (χ1) is 19.0. The van der Waals surface area contributed by atoms with Crippen LogP contribution in [0.2, 0.25) is 0 Å². The summed E-state index contributed by atoms with van der Waals surface area (Å²) in [6.07, 6.45) is 7.56. The van der Waals surface area contributed by atoms with E-state index < -0.39 is 5.91 Å². The number of anilines is 4. The molecule has 0 bridgehead atoms. The Morgan fingerprint density at radius 3 is 2.77 bits per heavy atom. The molecule has 5 heterocycles. The molecular weight excluding hydrogens is 522 g/mol. The monoisotopic (exact) mass is 552 g/mol. The Hall–Kier alpha value is -3.94. The number of ether oxygens (including phenoxy) is 1. The number of quaternary nitrogens is 1. The molecule has 1 saturated carbocycles. The van der Waals surface area contributed by atoms with Crippen molar-refractivity contribution in [2.24, 2.45) is 5.73 Å². The summed E-state index contributed by atoms with van der Waals surface area (Å²) in [5, 5.41) is 6.69. The molecule has 6 rings (SSSR count). The number of furan rings is 1. The largest absolute Gasteiger partial charge is 0.456 e. The van der Waals surface area contributed by atoms with Gasteiger partial charge in [-0.15, -0.1) is 0 Å². The molecule has 4 aromatic heterocycles. The number of carbonyl (C=O) groups excluding carboxylic acids is 1. The molecule has 1 amide bonds. The van der Waals surface area contributed by atoms with Gasteiger partial charge in [0, 0.05) is 25.6 Å². The number of nitrogens with one attached hydrogen (secondary N) is 2. The van der Waals surface area contributed by atoms with E-state index in [-0.39, 0.29) is 22.7 Å². The molecule has 0 aromatic carbocycles. The molecule has 2 fully saturated rings. The van der Waals surface area contributed by atoms with Crippen molar-refractivity contribution in [2.45, 2.75) is 37.8 Å². The maximum atomic E-state index is 12.7. The van der Waals surface area contributed by atoms with Crippen molar-refractivity contribution in [3.8, 4) is 10.4 Å². The fourth-order valence-electron chi connectivity index (χ4n) is 5.09. The number of hydrogen-bond donors (Lipinski definition) is 4. The zero-order valence-electron chi connectivity index (χ0n) is 21.3. The standard InChI is InChI=1S/C26H29N7O5S/c27-16-3-1-2-4-17(16)30-14-9-18(23(26(28)35)29-12-14)31-21-11-20(39-32-21)15-13-37-25-19(34)10-22(38-24(15)25)33-5-7-36-8-6-33/h9-13,16-17,30H,1-8,27H2,(H2,28,35)(H,31,32)/p+1/t16-,17+/m1/s1. The summed E-state index contributed by atoms with van der Waals surface area (Å²) in [6, 6.07) is 5.61.